The van der Waals surface area contributed by atoms with Crippen molar-refractivity contribution in [3.8, 4) is 11.5 Å². The molecule has 0 heterocycles. The van der Waals surface area contributed by atoms with E-state index in [4.69, 9.17) is 14.6 Å². The Morgan fingerprint density at radius 3 is 2.43 bits per heavy atom. The highest BCUT2D eigenvalue weighted by Gasteiger charge is 2.17. The first-order valence-corrected chi connectivity index (χ1v) is 6.49. The fraction of sp³-hybridized carbons (Fsp3) is 0.429. The van der Waals surface area contributed by atoms with Gasteiger partial charge in [-0.15, -0.1) is 0 Å². The molecule has 1 aromatic rings. The Labute approximate surface area is 123 Å². The van der Waals surface area contributed by atoms with Gasteiger partial charge in [0, 0.05) is 6.54 Å². The van der Waals surface area contributed by atoms with Crippen LogP contribution in [0.5, 0.6) is 11.5 Å². The van der Waals surface area contributed by atoms with Crippen LogP contribution in [0.25, 0.3) is 0 Å². The van der Waals surface area contributed by atoms with Gasteiger partial charge in [-0.3, -0.25) is 0 Å². The third-order valence-corrected chi connectivity index (χ3v) is 2.91. The largest absolute Gasteiger partial charge is 0.493 e. The van der Waals surface area contributed by atoms with E-state index in [0.29, 0.717) is 17.9 Å². The molecule has 7 heteroatoms. The summed E-state index contributed by atoms with van der Waals surface area (Å²) < 4.78 is 10.3. The number of carboxylic acids is 1. The molecule has 1 rings (SSSR count). The van der Waals surface area contributed by atoms with E-state index in [9.17, 15) is 9.59 Å². The molecular weight excluding hydrogens is 276 g/mol. The predicted molar refractivity (Wildman–Crippen MR) is 76.6 cm³/mol. The molecular formula is C14H20N2O5. The number of carbonyl (C=O) groups is 2. The molecule has 1 aromatic carbocycles. The molecule has 21 heavy (non-hydrogen) atoms. The number of amides is 2. The monoisotopic (exact) mass is 296 g/mol. The predicted octanol–water partition coefficient (Wildman–Crippen LogP) is 1.37. The first-order chi connectivity index (χ1) is 10.0. The lowest BCUT2D eigenvalue weighted by Gasteiger charge is -2.14. The Hall–Kier alpha value is -2.44. The maximum Gasteiger partial charge on any atom is 0.326 e. The Balaban J connectivity index is 2.59. The Morgan fingerprint density at radius 2 is 1.90 bits per heavy atom. The van der Waals surface area contributed by atoms with Gasteiger partial charge in [-0.25, -0.2) is 9.59 Å². The lowest BCUT2D eigenvalue weighted by molar-refractivity contribution is -0.139. The van der Waals surface area contributed by atoms with E-state index < -0.39 is 18.0 Å². The van der Waals surface area contributed by atoms with Gasteiger partial charge in [-0.05, 0) is 24.1 Å². The van der Waals surface area contributed by atoms with Gasteiger partial charge in [0.1, 0.15) is 6.04 Å². The van der Waals surface area contributed by atoms with Crippen molar-refractivity contribution in [2.45, 2.75) is 25.9 Å². The molecule has 2 amide bonds. The van der Waals surface area contributed by atoms with Crippen molar-refractivity contribution in [1.29, 1.82) is 0 Å². The van der Waals surface area contributed by atoms with E-state index in [1.165, 1.54) is 7.11 Å². The molecule has 0 bridgehead atoms. The summed E-state index contributed by atoms with van der Waals surface area (Å²) >= 11 is 0. The highest BCUT2D eigenvalue weighted by molar-refractivity contribution is 5.82. The third-order valence-electron chi connectivity index (χ3n) is 2.91. The van der Waals surface area contributed by atoms with Crippen molar-refractivity contribution >= 4 is 12.0 Å². The van der Waals surface area contributed by atoms with Crippen LogP contribution in [0.1, 0.15) is 18.9 Å². The van der Waals surface area contributed by atoms with Crippen LogP contribution in [-0.2, 0) is 11.3 Å². The summed E-state index contributed by atoms with van der Waals surface area (Å²) in [4.78, 5) is 22.4. The quantitative estimate of drug-likeness (QED) is 0.706. The zero-order valence-electron chi connectivity index (χ0n) is 12.3. The van der Waals surface area contributed by atoms with Crippen molar-refractivity contribution in [2.24, 2.45) is 0 Å². The fourth-order valence-electron chi connectivity index (χ4n) is 1.72. The molecule has 0 fully saturated rings. The van der Waals surface area contributed by atoms with Crippen LogP contribution in [0.4, 0.5) is 4.79 Å². The molecule has 1 atom stereocenters. The average Bonchev–Trinajstić information content (AvgIpc) is 2.49. The number of methoxy groups -OCH3 is 2. The van der Waals surface area contributed by atoms with Crippen LogP contribution in [-0.4, -0.2) is 37.4 Å². The molecule has 116 valence electrons. The van der Waals surface area contributed by atoms with Gasteiger partial charge in [0.2, 0.25) is 0 Å². The van der Waals surface area contributed by atoms with Gasteiger partial charge in [0.05, 0.1) is 14.2 Å². The lowest BCUT2D eigenvalue weighted by Crippen LogP contribution is -2.45. The van der Waals surface area contributed by atoms with Crippen molar-refractivity contribution in [1.82, 2.24) is 10.6 Å². The highest BCUT2D eigenvalue weighted by atomic mass is 16.5. The molecule has 0 radical (unpaired) electrons. The zero-order valence-corrected chi connectivity index (χ0v) is 12.3. The number of urea groups is 1. The molecule has 0 aliphatic carbocycles. The van der Waals surface area contributed by atoms with E-state index in [0.717, 1.165) is 5.56 Å². The van der Waals surface area contributed by atoms with Gasteiger partial charge < -0.3 is 25.2 Å². The second kappa shape index (κ2) is 7.98. The number of benzene rings is 1. The number of carboxylic acid groups (broad SMARTS) is 1. The molecule has 0 aromatic heterocycles. The Morgan fingerprint density at radius 1 is 1.24 bits per heavy atom. The van der Waals surface area contributed by atoms with E-state index in [1.54, 1.807) is 32.2 Å². The second-order valence-electron chi connectivity index (χ2n) is 4.32. The topological polar surface area (TPSA) is 96.9 Å². The average molecular weight is 296 g/mol. The number of ether oxygens (including phenoxy) is 2. The minimum Gasteiger partial charge on any atom is -0.493 e. The number of hydrogen-bond donors (Lipinski definition) is 3. The smallest absolute Gasteiger partial charge is 0.326 e. The molecule has 0 saturated heterocycles. The van der Waals surface area contributed by atoms with Crippen LogP contribution < -0.4 is 20.1 Å². The Bertz CT molecular complexity index is 504. The molecule has 0 saturated carbocycles. The molecule has 7 nitrogen and oxygen atoms in total. The van der Waals surface area contributed by atoms with Crippen LogP contribution in [0.15, 0.2) is 18.2 Å². The highest BCUT2D eigenvalue weighted by Crippen LogP contribution is 2.27. The molecule has 3 N–H and O–H groups in total. The SMILES string of the molecule is CCC(NC(=O)NCc1ccc(OC)c(OC)c1)C(=O)O. The summed E-state index contributed by atoms with van der Waals surface area (Å²) in [6.45, 7) is 1.94. The van der Waals surface area contributed by atoms with Gasteiger partial charge in [0.15, 0.2) is 11.5 Å². The van der Waals surface area contributed by atoms with E-state index in [2.05, 4.69) is 10.6 Å². The van der Waals surface area contributed by atoms with Crippen molar-refractivity contribution < 1.29 is 24.2 Å². The maximum atomic E-state index is 11.6. The standard InChI is InChI=1S/C14H20N2O5/c1-4-10(13(17)18)16-14(19)15-8-9-5-6-11(20-2)12(7-9)21-3/h5-7,10H,4,8H2,1-3H3,(H,17,18)(H2,15,16,19). The van der Waals surface area contributed by atoms with Crippen LogP contribution in [0.3, 0.4) is 0 Å². The summed E-state index contributed by atoms with van der Waals surface area (Å²) in [5.74, 6) is 0.107. The molecule has 0 spiro atoms. The zero-order chi connectivity index (χ0) is 15.8. The van der Waals surface area contributed by atoms with Crippen LogP contribution in [0.2, 0.25) is 0 Å². The molecule has 0 aliphatic rings. The van der Waals surface area contributed by atoms with E-state index in [-0.39, 0.29) is 6.54 Å². The number of hydrogen-bond acceptors (Lipinski definition) is 4. The maximum absolute atomic E-state index is 11.6. The van der Waals surface area contributed by atoms with E-state index in [1.807, 2.05) is 0 Å². The number of aliphatic carboxylic acids is 1. The number of rotatable bonds is 7. The summed E-state index contributed by atoms with van der Waals surface area (Å²) in [6, 6.07) is 3.85. The van der Waals surface area contributed by atoms with Crippen LogP contribution >= 0.6 is 0 Å². The first-order valence-electron chi connectivity index (χ1n) is 6.49. The first kappa shape index (κ1) is 16.6. The number of nitrogens with one attached hydrogen (secondary N) is 2. The summed E-state index contributed by atoms with van der Waals surface area (Å²) in [5.41, 5.74) is 0.811. The minimum absolute atomic E-state index is 0.252. The second-order valence-corrected chi connectivity index (χ2v) is 4.32. The number of carbonyl (C=O) groups excluding carboxylic acids is 1. The minimum atomic E-state index is -1.06. The summed E-state index contributed by atoms with van der Waals surface area (Å²) in [6.07, 6.45) is 0.319. The Kier molecular flexibility index (Phi) is 6.32. The lowest BCUT2D eigenvalue weighted by atomic mass is 10.2. The molecule has 1 unspecified atom stereocenters. The fourth-order valence-corrected chi connectivity index (χ4v) is 1.72. The molecule has 0 aliphatic heterocycles. The van der Waals surface area contributed by atoms with Crippen molar-refractivity contribution in [2.75, 3.05) is 14.2 Å². The van der Waals surface area contributed by atoms with Crippen LogP contribution in [0, 0.1) is 0 Å². The van der Waals surface area contributed by atoms with Crippen molar-refractivity contribution in [3.63, 3.8) is 0 Å². The van der Waals surface area contributed by atoms with Gasteiger partial charge in [-0.2, -0.15) is 0 Å². The van der Waals surface area contributed by atoms with Gasteiger partial charge >= 0.3 is 12.0 Å². The normalized spacial score (nSPS) is 11.4. The third kappa shape index (κ3) is 4.87. The van der Waals surface area contributed by atoms with Gasteiger partial charge in [0.25, 0.3) is 0 Å². The van der Waals surface area contributed by atoms with E-state index >= 15 is 0 Å². The summed E-state index contributed by atoms with van der Waals surface area (Å²) in [5, 5.41) is 13.8. The summed E-state index contributed by atoms with van der Waals surface area (Å²) in [7, 11) is 3.07. The van der Waals surface area contributed by atoms with Crippen molar-refractivity contribution in [3.05, 3.63) is 23.8 Å². The van der Waals surface area contributed by atoms with Gasteiger partial charge in [-0.1, -0.05) is 13.0 Å².